The summed E-state index contributed by atoms with van der Waals surface area (Å²) in [5.74, 6) is 1.32. The van der Waals surface area contributed by atoms with Crippen molar-refractivity contribution in [1.29, 1.82) is 0 Å². The predicted molar refractivity (Wildman–Crippen MR) is 96.6 cm³/mol. The molecule has 2 heterocycles. The van der Waals surface area contributed by atoms with Gasteiger partial charge >= 0.3 is 0 Å². The van der Waals surface area contributed by atoms with Crippen LogP contribution >= 0.6 is 0 Å². The van der Waals surface area contributed by atoms with E-state index in [-0.39, 0.29) is 4.90 Å². The predicted octanol–water partition coefficient (Wildman–Crippen LogP) is 2.58. The fourth-order valence-corrected chi connectivity index (χ4v) is 3.89. The van der Waals surface area contributed by atoms with E-state index in [2.05, 4.69) is 19.6 Å². The molecule has 1 aromatic carbocycles. The second kappa shape index (κ2) is 7.26. The van der Waals surface area contributed by atoms with E-state index in [0.717, 1.165) is 31.5 Å². The van der Waals surface area contributed by atoms with Crippen molar-refractivity contribution in [3.8, 4) is 5.75 Å². The standard InChI is InChI=1S/C17H22N4O3S/c1-3-24-16-7-6-15(10-13(16)2)25(22,23)20-14-11-18-17(19-12-14)21-8-4-5-9-21/h6-7,10-12,20H,3-5,8-9H2,1-2H3. The Hall–Kier alpha value is -2.35. The van der Waals surface area contributed by atoms with Crippen LogP contribution in [0.3, 0.4) is 0 Å². The van der Waals surface area contributed by atoms with Gasteiger partial charge in [-0.15, -0.1) is 0 Å². The third kappa shape index (κ3) is 4.01. The molecule has 0 atom stereocenters. The molecule has 0 bridgehead atoms. The number of aromatic nitrogens is 2. The highest BCUT2D eigenvalue weighted by Gasteiger charge is 2.18. The van der Waals surface area contributed by atoms with Crippen LogP contribution in [0.15, 0.2) is 35.5 Å². The van der Waals surface area contributed by atoms with Crippen molar-refractivity contribution in [1.82, 2.24) is 9.97 Å². The molecule has 0 radical (unpaired) electrons. The largest absolute Gasteiger partial charge is 0.494 e. The molecule has 1 aliphatic rings. The van der Waals surface area contributed by atoms with Gasteiger partial charge in [0.25, 0.3) is 10.0 Å². The van der Waals surface area contributed by atoms with Gasteiger partial charge in [-0.3, -0.25) is 4.72 Å². The van der Waals surface area contributed by atoms with E-state index in [9.17, 15) is 8.42 Å². The lowest BCUT2D eigenvalue weighted by atomic mass is 10.2. The quantitative estimate of drug-likeness (QED) is 0.850. The Morgan fingerprint density at radius 3 is 2.48 bits per heavy atom. The van der Waals surface area contributed by atoms with Gasteiger partial charge in [-0.25, -0.2) is 18.4 Å². The first-order chi connectivity index (χ1) is 12.0. The van der Waals surface area contributed by atoms with Crippen molar-refractivity contribution in [2.24, 2.45) is 0 Å². The van der Waals surface area contributed by atoms with Gasteiger partial charge in [0.05, 0.1) is 29.6 Å². The van der Waals surface area contributed by atoms with Gasteiger partial charge in [0.15, 0.2) is 0 Å². The molecule has 2 aromatic rings. The van der Waals surface area contributed by atoms with Crippen LogP contribution in [0.4, 0.5) is 11.6 Å². The second-order valence-corrected chi connectivity index (χ2v) is 7.61. The van der Waals surface area contributed by atoms with E-state index in [1.807, 2.05) is 13.8 Å². The SMILES string of the molecule is CCOc1ccc(S(=O)(=O)Nc2cnc(N3CCCC3)nc2)cc1C. The second-order valence-electron chi connectivity index (χ2n) is 5.93. The van der Waals surface area contributed by atoms with Crippen LogP contribution in [0.25, 0.3) is 0 Å². The molecular formula is C17H22N4O3S. The highest BCUT2D eigenvalue weighted by atomic mass is 32.2. The first-order valence-electron chi connectivity index (χ1n) is 8.33. The van der Waals surface area contributed by atoms with Crippen molar-refractivity contribution in [3.05, 3.63) is 36.2 Å². The van der Waals surface area contributed by atoms with E-state index < -0.39 is 10.0 Å². The molecule has 1 saturated heterocycles. The van der Waals surface area contributed by atoms with Crippen LogP contribution in [0.2, 0.25) is 0 Å². The Kier molecular flexibility index (Phi) is 5.08. The molecule has 3 rings (SSSR count). The lowest BCUT2D eigenvalue weighted by Gasteiger charge is -2.15. The average Bonchev–Trinajstić information content (AvgIpc) is 3.12. The Balaban J connectivity index is 1.75. The molecule has 0 saturated carbocycles. The maximum absolute atomic E-state index is 12.5. The molecular weight excluding hydrogens is 340 g/mol. The van der Waals surface area contributed by atoms with Gasteiger partial charge in [-0.1, -0.05) is 0 Å². The maximum atomic E-state index is 12.5. The van der Waals surface area contributed by atoms with Gasteiger partial charge in [0, 0.05) is 13.1 Å². The number of sulfonamides is 1. The third-order valence-electron chi connectivity index (χ3n) is 4.04. The summed E-state index contributed by atoms with van der Waals surface area (Å²) in [6, 6.07) is 4.78. The number of aryl methyl sites for hydroxylation is 1. The monoisotopic (exact) mass is 362 g/mol. The first-order valence-corrected chi connectivity index (χ1v) is 9.81. The minimum absolute atomic E-state index is 0.178. The summed E-state index contributed by atoms with van der Waals surface area (Å²) < 4.78 is 33.1. The van der Waals surface area contributed by atoms with Crippen LogP contribution in [0, 0.1) is 6.92 Å². The zero-order chi connectivity index (χ0) is 17.9. The molecule has 134 valence electrons. The van der Waals surface area contributed by atoms with Crippen molar-refractivity contribution >= 4 is 21.7 Å². The fraction of sp³-hybridized carbons (Fsp3) is 0.412. The highest BCUT2D eigenvalue weighted by Crippen LogP contribution is 2.24. The summed E-state index contributed by atoms with van der Waals surface area (Å²) in [4.78, 5) is 10.8. The molecule has 0 aliphatic carbocycles. The van der Waals surface area contributed by atoms with Gasteiger partial charge in [0.1, 0.15) is 5.75 Å². The number of benzene rings is 1. The number of rotatable bonds is 6. The van der Waals surface area contributed by atoms with Gasteiger partial charge < -0.3 is 9.64 Å². The zero-order valence-corrected chi connectivity index (χ0v) is 15.2. The Bertz CT molecular complexity index is 831. The Morgan fingerprint density at radius 1 is 1.20 bits per heavy atom. The molecule has 7 nitrogen and oxygen atoms in total. The van der Waals surface area contributed by atoms with E-state index in [1.54, 1.807) is 12.1 Å². The maximum Gasteiger partial charge on any atom is 0.262 e. The summed E-state index contributed by atoms with van der Waals surface area (Å²) >= 11 is 0. The number of ether oxygens (including phenoxy) is 1. The fourth-order valence-electron chi connectivity index (χ4n) is 2.77. The molecule has 8 heteroatoms. The molecule has 0 spiro atoms. The number of hydrogen-bond acceptors (Lipinski definition) is 6. The molecule has 1 aromatic heterocycles. The molecule has 1 N–H and O–H groups in total. The Morgan fingerprint density at radius 2 is 1.88 bits per heavy atom. The average molecular weight is 362 g/mol. The Labute approximate surface area is 148 Å². The third-order valence-corrected chi connectivity index (χ3v) is 5.41. The van der Waals surface area contributed by atoms with E-state index in [1.165, 1.54) is 18.5 Å². The molecule has 0 amide bonds. The topological polar surface area (TPSA) is 84.4 Å². The van der Waals surface area contributed by atoms with Crippen molar-refractivity contribution in [2.75, 3.05) is 29.3 Å². The smallest absolute Gasteiger partial charge is 0.262 e. The number of nitrogens with one attached hydrogen (secondary N) is 1. The minimum atomic E-state index is -3.70. The van der Waals surface area contributed by atoms with Crippen LogP contribution in [0.1, 0.15) is 25.3 Å². The summed E-state index contributed by atoms with van der Waals surface area (Å²) in [5.41, 5.74) is 1.11. The van der Waals surface area contributed by atoms with Crippen molar-refractivity contribution in [3.63, 3.8) is 0 Å². The number of nitrogens with zero attached hydrogens (tertiary/aromatic N) is 3. The first kappa shape index (κ1) is 17.5. The zero-order valence-electron chi connectivity index (χ0n) is 14.4. The highest BCUT2D eigenvalue weighted by molar-refractivity contribution is 7.92. The van der Waals surface area contributed by atoms with Gasteiger partial charge in [0.2, 0.25) is 5.95 Å². The van der Waals surface area contributed by atoms with Crippen molar-refractivity contribution < 1.29 is 13.2 Å². The summed E-state index contributed by atoms with van der Waals surface area (Å²) in [7, 11) is -3.70. The molecule has 1 aliphatic heterocycles. The lowest BCUT2D eigenvalue weighted by Crippen LogP contribution is -2.20. The molecule has 1 fully saturated rings. The van der Waals surface area contributed by atoms with Gasteiger partial charge in [-0.05, 0) is 50.5 Å². The van der Waals surface area contributed by atoms with Crippen LogP contribution in [-0.4, -0.2) is 38.1 Å². The van der Waals surface area contributed by atoms with Gasteiger partial charge in [-0.2, -0.15) is 0 Å². The van der Waals surface area contributed by atoms with Crippen LogP contribution in [0.5, 0.6) is 5.75 Å². The number of anilines is 2. The summed E-state index contributed by atoms with van der Waals surface area (Å²) in [6.45, 7) is 6.12. The lowest BCUT2D eigenvalue weighted by molar-refractivity contribution is 0.337. The molecule has 25 heavy (non-hydrogen) atoms. The van der Waals surface area contributed by atoms with Crippen LogP contribution < -0.4 is 14.4 Å². The summed E-state index contributed by atoms with van der Waals surface area (Å²) in [6.07, 6.45) is 5.27. The minimum Gasteiger partial charge on any atom is -0.494 e. The summed E-state index contributed by atoms with van der Waals surface area (Å²) in [5, 5.41) is 0. The normalized spacial score (nSPS) is 14.6. The van der Waals surface area contributed by atoms with Crippen LogP contribution in [-0.2, 0) is 10.0 Å². The number of hydrogen-bond donors (Lipinski definition) is 1. The van der Waals surface area contributed by atoms with E-state index in [4.69, 9.17) is 4.74 Å². The van der Waals surface area contributed by atoms with E-state index in [0.29, 0.717) is 24.0 Å². The molecule has 0 unspecified atom stereocenters. The van der Waals surface area contributed by atoms with E-state index >= 15 is 0 Å². The van der Waals surface area contributed by atoms with Crippen molar-refractivity contribution in [2.45, 2.75) is 31.6 Å².